The van der Waals surface area contributed by atoms with Crippen LogP contribution >= 0.6 is 35.0 Å². The summed E-state index contributed by atoms with van der Waals surface area (Å²) in [5.74, 6) is 0.597. The van der Waals surface area contributed by atoms with Crippen LogP contribution in [-0.4, -0.2) is 32.0 Å². The van der Waals surface area contributed by atoms with E-state index in [1.54, 1.807) is 12.1 Å². The first-order chi connectivity index (χ1) is 13.8. The maximum absolute atomic E-state index is 12.4. The lowest BCUT2D eigenvalue weighted by molar-refractivity contribution is -0.120. The molecule has 1 amide bonds. The number of hydrogen-bond donors (Lipinski definition) is 1. The molecule has 0 aliphatic carbocycles. The molecule has 3 aromatic rings. The van der Waals surface area contributed by atoms with Crippen molar-refractivity contribution in [1.82, 2.24) is 20.1 Å². The van der Waals surface area contributed by atoms with Gasteiger partial charge in [-0.05, 0) is 44.5 Å². The monoisotopic (exact) mass is 448 g/mol. The fourth-order valence-electron chi connectivity index (χ4n) is 2.77. The summed E-state index contributed by atoms with van der Waals surface area (Å²) >= 11 is 13.8. The minimum absolute atomic E-state index is 0.0367. The van der Waals surface area contributed by atoms with Gasteiger partial charge in [0, 0.05) is 16.6 Å². The summed E-state index contributed by atoms with van der Waals surface area (Å²) in [5, 5.41) is 13.1. The Bertz CT molecular complexity index is 992. The van der Waals surface area contributed by atoms with Crippen molar-refractivity contribution in [2.75, 3.05) is 0 Å². The zero-order valence-electron chi connectivity index (χ0n) is 16.4. The van der Waals surface area contributed by atoms with E-state index in [4.69, 9.17) is 23.2 Å². The molecule has 0 bridgehead atoms. The van der Waals surface area contributed by atoms with E-state index in [0.717, 1.165) is 11.1 Å². The first-order valence-corrected chi connectivity index (χ1v) is 10.9. The topological polar surface area (TPSA) is 59.8 Å². The molecule has 152 valence electrons. The summed E-state index contributed by atoms with van der Waals surface area (Å²) in [6.07, 6.45) is 0. The van der Waals surface area contributed by atoms with Gasteiger partial charge in [-0.1, -0.05) is 65.3 Å². The van der Waals surface area contributed by atoms with Crippen molar-refractivity contribution in [3.63, 3.8) is 0 Å². The largest absolute Gasteiger partial charge is 0.353 e. The third-order valence-electron chi connectivity index (χ3n) is 4.15. The molecule has 0 saturated carbocycles. The van der Waals surface area contributed by atoms with Crippen LogP contribution in [-0.2, 0) is 11.3 Å². The van der Waals surface area contributed by atoms with Gasteiger partial charge in [-0.2, -0.15) is 0 Å². The second kappa shape index (κ2) is 9.65. The maximum atomic E-state index is 12.4. The summed E-state index contributed by atoms with van der Waals surface area (Å²) < 4.78 is 1.98. The van der Waals surface area contributed by atoms with Crippen molar-refractivity contribution in [2.24, 2.45) is 0 Å². The molecule has 0 fully saturated rings. The molecular weight excluding hydrogens is 427 g/mol. The number of aromatic nitrogens is 3. The highest BCUT2D eigenvalue weighted by Gasteiger charge is 2.22. The molecule has 1 N–H and O–H groups in total. The summed E-state index contributed by atoms with van der Waals surface area (Å²) in [6, 6.07) is 15.4. The number of carbonyl (C=O) groups is 1. The van der Waals surface area contributed by atoms with Gasteiger partial charge in [-0.15, -0.1) is 10.2 Å². The zero-order valence-corrected chi connectivity index (χ0v) is 18.7. The molecule has 1 unspecified atom stereocenters. The zero-order chi connectivity index (χ0) is 21.0. The number of carbonyl (C=O) groups excluding carboxylic acids is 1. The number of rotatable bonds is 7. The second-order valence-electron chi connectivity index (χ2n) is 6.93. The number of benzene rings is 2. The van der Waals surface area contributed by atoms with Gasteiger partial charge in [0.15, 0.2) is 11.0 Å². The quantitative estimate of drug-likeness (QED) is 0.497. The third-order valence-corrected chi connectivity index (χ3v) is 5.78. The number of nitrogens with one attached hydrogen (secondary N) is 1. The van der Waals surface area contributed by atoms with Crippen LogP contribution in [0.2, 0.25) is 10.0 Å². The highest BCUT2D eigenvalue weighted by Crippen LogP contribution is 2.33. The minimum Gasteiger partial charge on any atom is -0.353 e. The van der Waals surface area contributed by atoms with Crippen molar-refractivity contribution < 1.29 is 4.79 Å². The van der Waals surface area contributed by atoms with Crippen LogP contribution in [0.25, 0.3) is 11.4 Å². The van der Waals surface area contributed by atoms with E-state index in [2.05, 4.69) is 15.5 Å². The van der Waals surface area contributed by atoms with E-state index in [1.165, 1.54) is 11.8 Å². The Balaban J connectivity index is 1.98. The molecule has 0 saturated heterocycles. The molecule has 29 heavy (non-hydrogen) atoms. The van der Waals surface area contributed by atoms with Crippen LogP contribution in [0.1, 0.15) is 26.3 Å². The SMILES string of the molecule is CC(C)NC(=O)C(C)Sc1nnc(-c2ccc(Cl)cc2Cl)n1Cc1ccccc1. The average Bonchev–Trinajstić information content (AvgIpc) is 3.04. The number of hydrogen-bond acceptors (Lipinski definition) is 4. The average molecular weight is 449 g/mol. The van der Waals surface area contributed by atoms with Crippen LogP contribution in [0, 0.1) is 0 Å². The molecule has 0 spiro atoms. The van der Waals surface area contributed by atoms with Gasteiger partial charge in [0.2, 0.25) is 5.91 Å². The Hall–Kier alpha value is -2.02. The summed E-state index contributed by atoms with van der Waals surface area (Å²) in [7, 11) is 0. The van der Waals surface area contributed by atoms with Crippen molar-refractivity contribution in [3.8, 4) is 11.4 Å². The van der Waals surface area contributed by atoms with E-state index in [1.807, 2.05) is 61.7 Å². The van der Waals surface area contributed by atoms with Crippen molar-refractivity contribution in [2.45, 2.75) is 43.8 Å². The van der Waals surface area contributed by atoms with Gasteiger partial charge >= 0.3 is 0 Å². The predicted molar refractivity (Wildman–Crippen MR) is 120 cm³/mol. The van der Waals surface area contributed by atoms with E-state index in [-0.39, 0.29) is 17.2 Å². The Morgan fingerprint density at radius 2 is 1.83 bits per heavy atom. The van der Waals surface area contributed by atoms with Crippen molar-refractivity contribution in [1.29, 1.82) is 0 Å². The van der Waals surface area contributed by atoms with Crippen LogP contribution in [0.15, 0.2) is 53.7 Å². The molecule has 0 radical (unpaired) electrons. The number of nitrogens with zero attached hydrogens (tertiary/aromatic N) is 3. The molecule has 8 heteroatoms. The Morgan fingerprint density at radius 1 is 1.10 bits per heavy atom. The lowest BCUT2D eigenvalue weighted by Gasteiger charge is -2.15. The number of thioether (sulfide) groups is 1. The second-order valence-corrected chi connectivity index (χ2v) is 9.08. The third kappa shape index (κ3) is 5.53. The molecule has 1 atom stereocenters. The maximum Gasteiger partial charge on any atom is 0.233 e. The number of halogens is 2. The highest BCUT2D eigenvalue weighted by molar-refractivity contribution is 8.00. The number of amides is 1. The molecule has 1 aromatic heterocycles. The summed E-state index contributed by atoms with van der Waals surface area (Å²) in [4.78, 5) is 12.4. The normalized spacial score (nSPS) is 12.2. The molecule has 5 nitrogen and oxygen atoms in total. The van der Waals surface area contributed by atoms with Crippen LogP contribution in [0.4, 0.5) is 0 Å². The highest BCUT2D eigenvalue weighted by atomic mass is 35.5. The molecular formula is C21H22Cl2N4OS. The van der Waals surface area contributed by atoms with E-state index in [9.17, 15) is 4.79 Å². The predicted octanol–water partition coefficient (Wildman–Crippen LogP) is 5.31. The van der Waals surface area contributed by atoms with Crippen molar-refractivity contribution in [3.05, 3.63) is 64.1 Å². The molecule has 1 heterocycles. The Labute approximate surface area is 184 Å². The molecule has 0 aliphatic rings. The van der Waals surface area contributed by atoms with Gasteiger partial charge in [0.25, 0.3) is 0 Å². The smallest absolute Gasteiger partial charge is 0.233 e. The van der Waals surface area contributed by atoms with E-state index >= 15 is 0 Å². The first-order valence-electron chi connectivity index (χ1n) is 9.24. The van der Waals surface area contributed by atoms with Gasteiger partial charge in [0.1, 0.15) is 0 Å². The van der Waals surface area contributed by atoms with Gasteiger partial charge in [0.05, 0.1) is 16.8 Å². The van der Waals surface area contributed by atoms with Crippen LogP contribution < -0.4 is 5.32 Å². The minimum atomic E-state index is -0.315. The van der Waals surface area contributed by atoms with E-state index in [0.29, 0.717) is 27.6 Å². The standard InChI is InChI=1S/C21H22Cl2N4OS/c1-13(2)24-20(28)14(3)29-21-26-25-19(17-10-9-16(22)11-18(17)23)27(21)12-15-7-5-4-6-8-15/h4-11,13-14H,12H2,1-3H3,(H,24,28). The first kappa shape index (κ1) is 21.7. The Kier molecular flexibility index (Phi) is 7.22. The molecule has 3 rings (SSSR count). The summed E-state index contributed by atoms with van der Waals surface area (Å²) in [5.41, 5.74) is 1.84. The fourth-order valence-corrected chi connectivity index (χ4v) is 4.12. The summed E-state index contributed by atoms with van der Waals surface area (Å²) in [6.45, 7) is 6.30. The molecule has 0 aliphatic heterocycles. The fraction of sp³-hybridized carbons (Fsp3) is 0.286. The lowest BCUT2D eigenvalue weighted by atomic mass is 10.2. The van der Waals surface area contributed by atoms with Gasteiger partial charge in [-0.25, -0.2) is 0 Å². The van der Waals surface area contributed by atoms with Gasteiger partial charge < -0.3 is 5.32 Å². The van der Waals surface area contributed by atoms with Gasteiger partial charge in [-0.3, -0.25) is 9.36 Å². The van der Waals surface area contributed by atoms with Crippen LogP contribution in [0.3, 0.4) is 0 Å². The van der Waals surface area contributed by atoms with Crippen molar-refractivity contribution >= 4 is 40.9 Å². The van der Waals surface area contributed by atoms with E-state index < -0.39 is 0 Å². The molecule has 2 aromatic carbocycles. The van der Waals surface area contributed by atoms with Crippen LogP contribution in [0.5, 0.6) is 0 Å². The Morgan fingerprint density at radius 3 is 2.48 bits per heavy atom. The lowest BCUT2D eigenvalue weighted by Crippen LogP contribution is -2.36.